The number of para-hydroxylation sites is 1. The van der Waals surface area contributed by atoms with Crippen LogP contribution in [0.4, 0.5) is 5.13 Å². The number of carbonyl (C=O) groups is 1. The third-order valence-electron chi connectivity index (χ3n) is 9.38. The number of aliphatic hydroxyl groups is 1. The Morgan fingerprint density at radius 3 is 2.75 bits per heavy atom. The number of nitrogens with zero attached hydrogens (tertiary/aromatic N) is 3. The Kier molecular flexibility index (Phi) is 7.38. The minimum Gasteiger partial charge on any atom is -0.392 e. The number of rotatable bonds is 5. The van der Waals surface area contributed by atoms with E-state index < -0.39 is 16.1 Å². The van der Waals surface area contributed by atoms with E-state index in [9.17, 15) is 18.3 Å². The molecule has 3 aromatic rings. The zero-order valence-corrected chi connectivity index (χ0v) is 25.5. The van der Waals surface area contributed by atoms with Gasteiger partial charge in [0.2, 0.25) is 5.91 Å². The van der Waals surface area contributed by atoms with Crippen molar-refractivity contribution >= 4 is 55.1 Å². The van der Waals surface area contributed by atoms with E-state index >= 15 is 0 Å². The molecule has 1 aromatic carbocycles. The summed E-state index contributed by atoms with van der Waals surface area (Å²) in [6.07, 6.45) is 3.42. The predicted molar refractivity (Wildman–Crippen MR) is 160 cm³/mol. The summed E-state index contributed by atoms with van der Waals surface area (Å²) in [5.41, 5.74) is 1.13. The van der Waals surface area contributed by atoms with Crippen LogP contribution in [-0.2, 0) is 21.2 Å². The van der Waals surface area contributed by atoms with Gasteiger partial charge in [0.15, 0.2) is 5.13 Å². The fourth-order valence-electron chi connectivity index (χ4n) is 7.31. The second-order valence-electron chi connectivity index (χ2n) is 11.8. The first-order chi connectivity index (χ1) is 19.1. The van der Waals surface area contributed by atoms with Gasteiger partial charge in [0, 0.05) is 52.9 Å². The Hall–Kier alpha value is -2.21. The SMILES string of the molecule is C[C@H](C(=O)N1CCSCC1)[C@H]1CC[C@]2(C)Cc3sc(NS(=O)(=O)c4cccc5cccnc45)nc3[C@@H](C)[C@@H]2[C@H]1O. The molecule has 40 heavy (non-hydrogen) atoms. The third-order valence-corrected chi connectivity index (χ3v) is 12.8. The van der Waals surface area contributed by atoms with Crippen LogP contribution >= 0.6 is 23.1 Å². The number of hydrogen-bond acceptors (Lipinski definition) is 8. The van der Waals surface area contributed by atoms with E-state index in [0.29, 0.717) is 10.6 Å². The van der Waals surface area contributed by atoms with Gasteiger partial charge in [0.05, 0.1) is 17.3 Å². The molecule has 1 amide bonds. The van der Waals surface area contributed by atoms with Crippen LogP contribution in [0.1, 0.15) is 50.1 Å². The van der Waals surface area contributed by atoms with Gasteiger partial charge < -0.3 is 10.0 Å². The highest BCUT2D eigenvalue weighted by Gasteiger charge is 2.54. The second kappa shape index (κ2) is 10.6. The van der Waals surface area contributed by atoms with Crippen molar-refractivity contribution in [1.29, 1.82) is 0 Å². The maximum atomic E-state index is 13.4. The van der Waals surface area contributed by atoms with Crippen LogP contribution in [0.2, 0.25) is 0 Å². The molecule has 0 spiro atoms. The van der Waals surface area contributed by atoms with E-state index in [1.807, 2.05) is 35.7 Å². The number of aromatic nitrogens is 2. The first-order valence-electron chi connectivity index (χ1n) is 14.0. The molecule has 0 radical (unpaired) electrons. The first kappa shape index (κ1) is 27.9. The van der Waals surface area contributed by atoms with Crippen molar-refractivity contribution in [2.45, 2.75) is 57.0 Å². The number of pyridine rings is 1. The number of benzene rings is 1. The second-order valence-corrected chi connectivity index (χ2v) is 15.8. The van der Waals surface area contributed by atoms with Crippen molar-refractivity contribution in [3.8, 4) is 0 Å². The van der Waals surface area contributed by atoms with E-state index in [2.05, 4.69) is 23.6 Å². The average molecular weight is 601 g/mol. The zero-order valence-electron chi connectivity index (χ0n) is 23.0. The monoisotopic (exact) mass is 600 g/mol. The summed E-state index contributed by atoms with van der Waals surface area (Å²) in [4.78, 5) is 25.6. The fraction of sp³-hybridized carbons (Fsp3) is 0.552. The van der Waals surface area contributed by atoms with Gasteiger partial charge in [-0.3, -0.25) is 14.5 Å². The summed E-state index contributed by atoms with van der Waals surface area (Å²) in [5, 5.41) is 12.9. The van der Waals surface area contributed by atoms with E-state index in [-0.39, 0.29) is 39.9 Å². The molecule has 3 aliphatic rings. The lowest BCUT2D eigenvalue weighted by Gasteiger charge is -2.53. The summed E-state index contributed by atoms with van der Waals surface area (Å²) in [6, 6.07) is 8.74. The Balaban J connectivity index is 1.25. The molecule has 1 aliphatic heterocycles. The van der Waals surface area contributed by atoms with Crippen LogP contribution in [0.5, 0.6) is 0 Å². The lowest BCUT2D eigenvalue weighted by molar-refractivity contribution is -0.144. The number of amides is 1. The van der Waals surface area contributed by atoms with Gasteiger partial charge in [0.1, 0.15) is 4.90 Å². The molecule has 214 valence electrons. The molecule has 1 saturated heterocycles. The van der Waals surface area contributed by atoms with Crippen molar-refractivity contribution in [2.24, 2.45) is 23.2 Å². The molecule has 2 N–H and O–H groups in total. The van der Waals surface area contributed by atoms with E-state index in [4.69, 9.17) is 4.98 Å². The number of carbonyl (C=O) groups excluding carboxylic acids is 1. The topological polar surface area (TPSA) is 112 Å². The molecule has 2 aromatic heterocycles. The molecule has 0 bridgehead atoms. The Morgan fingerprint density at radius 1 is 1.23 bits per heavy atom. The molecule has 2 fully saturated rings. The highest BCUT2D eigenvalue weighted by molar-refractivity contribution is 7.99. The number of aliphatic hydroxyl groups excluding tert-OH is 1. The Labute approximate surface area is 244 Å². The molecule has 2 aliphatic carbocycles. The zero-order chi connectivity index (χ0) is 28.2. The highest BCUT2D eigenvalue weighted by Crippen LogP contribution is 2.57. The molecule has 6 atom stereocenters. The molecule has 0 unspecified atom stereocenters. The first-order valence-corrected chi connectivity index (χ1v) is 17.5. The maximum absolute atomic E-state index is 13.4. The molecule has 6 rings (SSSR count). The average Bonchev–Trinajstić information content (AvgIpc) is 3.33. The summed E-state index contributed by atoms with van der Waals surface area (Å²) < 4.78 is 29.6. The number of nitrogens with one attached hydrogen (secondary N) is 1. The van der Waals surface area contributed by atoms with E-state index in [1.54, 1.807) is 24.4 Å². The summed E-state index contributed by atoms with van der Waals surface area (Å²) in [7, 11) is -3.91. The van der Waals surface area contributed by atoms with Crippen LogP contribution in [0, 0.1) is 23.2 Å². The minimum atomic E-state index is -3.91. The van der Waals surface area contributed by atoms with Gasteiger partial charge >= 0.3 is 0 Å². The normalized spacial score (nSPS) is 29.4. The van der Waals surface area contributed by atoms with E-state index in [1.165, 1.54) is 11.3 Å². The molecule has 3 heterocycles. The number of thioether (sulfide) groups is 1. The number of hydrogen-bond donors (Lipinski definition) is 2. The number of sulfonamides is 1. The fourth-order valence-corrected chi connectivity index (χ4v) is 10.9. The molecular formula is C29H36N4O4S3. The van der Waals surface area contributed by atoms with Crippen molar-refractivity contribution in [3.63, 3.8) is 0 Å². The van der Waals surface area contributed by atoms with Crippen LogP contribution in [0.25, 0.3) is 10.9 Å². The highest BCUT2D eigenvalue weighted by atomic mass is 32.2. The van der Waals surface area contributed by atoms with Gasteiger partial charge in [-0.15, -0.1) is 11.3 Å². The van der Waals surface area contributed by atoms with Crippen molar-refractivity contribution in [2.75, 3.05) is 29.3 Å². The summed E-state index contributed by atoms with van der Waals surface area (Å²) in [6.45, 7) is 7.87. The molecular weight excluding hydrogens is 565 g/mol. The smallest absolute Gasteiger partial charge is 0.265 e. The Morgan fingerprint density at radius 2 is 1.98 bits per heavy atom. The molecule has 8 nitrogen and oxygen atoms in total. The van der Waals surface area contributed by atoms with Gasteiger partial charge in [0.25, 0.3) is 10.0 Å². The lowest BCUT2D eigenvalue weighted by atomic mass is 9.53. The lowest BCUT2D eigenvalue weighted by Crippen LogP contribution is -2.54. The Bertz CT molecular complexity index is 1530. The standard InChI is InChI=1S/C29H36N4O4S3/c1-17(27(35)33-12-14-38-15-13-33)20-9-10-29(3)16-21-24(18(2)23(29)26(20)34)31-28(39-21)32-40(36,37)22-8-4-6-19-7-5-11-30-25(19)22/h4-8,11,17-18,20,23,26,34H,9-10,12-16H2,1-3H3,(H,31,32)/t17-,18-,20+,23+,26-,29+/m0/s1. The van der Waals surface area contributed by atoms with Gasteiger partial charge in [-0.1, -0.05) is 39.0 Å². The van der Waals surface area contributed by atoms with Crippen LogP contribution in [-0.4, -0.2) is 65.0 Å². The maximum Gasteiger partial charge on any atom is 0.265 e. The van der Waals surface area contributed by atoms with E-state index in [0.717, 1.165) is 59.8 Å². The van der Waals surface area contributed by atoms with Gasteiger partial charge in [-0.25, -0.2) is 13.4 Å². The van der Waals surface area contributed by atoms with Crippen molar-refractivity contribution < 1.29 is 18.3 Å². The summed E-state index contributed by atoms with van der Waals surface area (Å²) >= 11 is 3.27. The summed E-state index contributed by atoms with van der Waals surface area (Å²) in [5.74, 6) is 1.65. The predicted octanol–water partition coefficient (Wildman–Crippen LogP) is 4.76. The van der Waals surface area contributed by atoms with Crippen LogP contribution in [0.3, 0.4) is 0 Å². The quantitative estimate of drug-likeness (QED) is 0.434. The third kappa shape index (κ3) is 4.82. The van der Waals surface area contributed by atoms with Crippen molar-refractivity contribution in [3.05, 3.63) is 47.1 Å². The largest absolute Gasteiger partial charge is 0.392 e. The van der Waals surface area contributed by atoms with Crippen LogP contribution in [0.15, 0.2) is 41.4 Å². The minimum absolute atomic E-state index is 0.0558. The van der Waals surface area contributed by atoms with Gasteiger partial charge in [-0.05, 0) is 48.6 Å². The van der Waals surface area contributed by atoms with Crippen molar-refractivity contribution in [1.82, 2.24) is 14.9 Å². The number of thiazole rings is 1. The molecule has 11 heteroatoms. The number of anilines is 1. The van der Waals surface area contributed by atoms with Gasteiger partial charge in [-0.2, -0.15) is 11.8 Å². The number of fused-ring (bicyclic) bond motifs is 3. The van der Waals surface area contributed by atoms with Crippen LogP contribution < -0.4 is 4.72 Å². The molecule has 1 saturated carbocycles.